The number of carbonyl (C=O) groups excluding carboxylic acids is 1. The van der Waals surface area contributed by atoms with E-state index in [0.717, 1.165) is 28.2 Å². The lowest BCUT2D eigenvalue weighted by Crippen LogP contribution is -2.10. The van der Waals surface area contributed by atoms with E-state index in [1.807, 2.05) is 31.2 Å². The zero-order chi connectivity index (χ0) is 12.7. The number of fused-ring (bicyclic) bond motifs is 3. The number of nitrogens with two attached hydrogens (primary N) is 1. The fourth-order valence-corrected chi connectivity index (χ4v) is 3.58. The molecule has 1 amide bonds. The minimum Gasteiger partial charge on any atom is -0.493 e. The maximum absolute atomic E-state index is 11.4. The molecule has 0 radical (unpaired) electrons. The monoisotopic (exact) mass is 259 g/mol. The summed E-state index contributed by atoms with van der Waals surface area (Å²) < 4.78 is 5.74. The van der Waals surface area contributed by atoms with Crippen LogP contribution in [0.3, 0.4) is 0 Å². The van der Waals surface area contributed by atoms with Gasteiger partial charge in [-0.25, -0.2) is 0 Å². The molecule has 2 aromatic rings. The van der Waals surface area contributed by atoms with Crippen molar-refractivity contribution in [1.29, 1.82) is 0 Å². The number of hydrogen-bond donors (Lipinski definition) is 1. The zero-order valence-corrected chi connectivity index (χ0v) is 10.8. The van der Waals surface area contributed by atoms with Gasteiger partial charge in [0.25, 0.3) is 5.91 Å². The summed E-state index contributed by atoms with van der Waals surface area (Å²) in [4.78, 5) is 13.2. The number of carbonyl (C=O) groups is 1. The lowest BCUT2D eigenvalue weighted by Gasteiger charge is -2.05. The van der Waals surface area contributed by atoms with Gasteiger partial charge in [-0.1, -0.05) is 12.1 Å². The van der Waals surface area contributed by atoms with Gasteiger partial charge in [-0.2, -0.15) is 0 Å². The topological polar surface area (TPSA) is 52.3 Å². The molecule has 0 saturated heterocycles. The fourth-order valence-electron chi connectivity index (χ4n) is 2.34. The van der Waals surface area contributed by atoms with Crippen LogP contribution < -0.4 is 10.5 Å². The van der Waals surface area contributed by atoms with Gasteiger partial charge in [-0.05, 0) is 30.2 Å². The minimum absolute atomic E-state index is 0.344. The van der Waals surface area contributed by atoms with Crippen molar-refractivity contribution >= 4 is 17.2 Å². The van der Waals surface area contributed by atoms with Crippen molar-refractivity contribution < 1.29 is 9.53 Å². The van der Waals surface area contributed by atoms with Gasteiger partial charge in [0.05, 0.1) is 11.5 Å². The largest absolute Gasteiger partial charge is 0.493 e. The molecule has 1 aromatic carbocycles. The molecule has 0 spiro atoms. The third kappa shape index (κ3) is 1.61. The Morgan fingerprint density at radius 2 is 2.17 bits per heavy atom. The Bertz CT molecular complexity index is 631. The highest BCUT2D eigenvalue weighted by Gasteiger charge is 2.23. The van der Waals surface area contributed by atoms with Crippen molar-refractivity contribution in [3.05, 3.63) is 40.3 Å². The predicted octanol–water partition coefficient (Wildman–Crippen LogP) is 2.76. The second-order valence-electron chi connectivity index (χ2n) is 4.32. The molecular formula is C14H13NO2S. The van der Waals surface area contributed by atoms with Crippen molar-refractivity contribution in [2.45, 2.75) is 13.3 Å². The first-order valence-corrected chi connectivity index (χ1v) is 6.64. The number of ether oxygens (including phenoxy) is 1. The van der Waals surface area contributed by atoms with Crippen molar-refractivity contribution in [2.75, 3.05) is 6.61 Å². The third-order valence-corrected chi connectivity index (χ3v) is 4.62. The quantitative estimate of drug-likeness (QED) is 0.856. The van der Waals surface area contributed by atoms with E-state index >= 15 is 0 Å². The molecule has 0 saturated carbocycles. The predicted molar refractivity (Wildman–Crippen MR) is 72.2 cm³/mol. The molecule has 0 bridgehead atoms. The van der Waals surface area contributed by atoms with E-state index in [-0.39, 0.29) is 5.91 Å². The molecule has 0 fully saturated rings. The lowest BCUT2D eigenvalue weighted by atomic mass is 10.0. The summed E-state index contributed by atoms with van der Waals surface area (Å²) in [6.45, 7) is 2.60. The maximum atomic E-state index is 11.4. The average Bonchev–Trinajstić information content (AvgIpc) is 2.57. The highest BCUT2D eigenvalue weighted by molar-refractivity contribution is 7.17. The normalized spacial score (nSPS) is 13.2. The number of rotatable bonds is 1. The van der Waals surface area contributed by atoms with Crippen LogP contribution in [-0.4, -0.2) is 12.5 Å². The summed E-state index contributed by atoms with van der Waals surface area (Å²) in [6, 6.07) is 7.93. The van der Waals surface area contributed by atoms with Crippen molar-refractivity contribution in [2.24, 2.45) is 5.73 Å². The zero-order valence-electron chi connectivity index (χ0n) is 10.0. The van der Waals surface area contributed by atoms with Crippen LogP contribution in [0.1, 0.15) is 20.8 Å². The first-order chi connectivity index (χ1) is 8.68. The van der Waals surface area contributed by atoms with E-state index in [9.17, 15) is 4.79 Å². The molecular weight excluding hydrogens is 246 g/mol. The summed E-state index contributed by atoms with van der Waals surface area (Å²) in [7, 11) is 0. The van der Waals surface area contributed by atoms with Gasteiger partial charge in [0.1, 0.15) is 5.75 Å². The Hall–Kier alpha value is -1.81. The lowest BCUT2D eigenvalue weighted by molar-refractivity contribution is 0.100. The van der Waals surface area contributed by atoms with Gasteiger partial charge in [-0.15, -0.1) is 11.3 Å². The third-order valence-electron chi connectivity index (χ3n) is 3.24. The van der Waals surface area contributed by atoms with E-state index in [1.54, 1.807) is 0 Å². The molecule has 0 unspecified atom stereocenters. The Morgan fingerprint density at radius 3 is 2.94 bits per heavy atom. The molecule has 3 nitrogen and oxygen atoms in total. The Kier molecular flexibility index (Phi) is 2.59. The van der Waals surface area contributed by atoms with Crippen molar-refractivity contribution in [3.63, 3.8) is 0 Å². The number of benzene rings is 1. The maximum Gasteiger partial charge on any atom is 0.259 e. The number of para-hydroxylation sites is 1. The Morgan fingerprint density at radius 1 is 1.39 bits per heavy atom. The summed E-state index contributed by atoms with van der Waals surface area (Å²) in [5.41, 5.74) is 8.68. The van der Waals surface area contributed by atoms with E-state index in [2.05, 4.69) is 0 Å². The van der Waals surface area contributed by atoms with Crippen LogP contribution in [0, 0.1) is 6.92 Å². The second kappa shape index (κ2) is 4.14. The Labute approximate surface area is 109 Å². The van der Waals surface area contributed by atoms with Gasteiger partial charge in [0, 0.05) is 16.9 Å². The second-order valence-corrected chi connectivity index (χ2v) is 5.34. The number of primary amides is 1. The van der Waals surface area contributed by atoms with Crippen LogP contribution in [0.2, 0.25) is 0 Å². The number of amides is 1. The molecule has 3 rings (SSSR count). The molecule has 92 valence electrons. The summed E-state index contributed by atoms with van der Waals surface area (Å²) in [6.07, 6.45) is 0.819. The van der Waals surface area contributed by atoms with Crippen LogP contribution in [0.4, 0.5) is 0 Å². The molecule has 0 atom stereocenters. The van der Waals surface area contributed by atoms with E-state index in [1.165, 1.54) is 16.9 Å². The van der Waals surface area contributed by atoms with Crippen LogP contribution in [0.15, 0.2) is 24.3 Å². The van der Waals surface area contributed by atoms with E-state index < -0.39 is 0 Å². The summed E-state index contributed by atoms with van der Waals surface area (Å²) >= 11 is 1.47. The van der Waals surface area contributed by atoms with Gasteiger partial charge in [-0.3, -0.25) is 4.79 Å². The van der Waals surface area contributed by atoms with Crippen LogP contribution in [0.25, 0.3) is 10.4 Å². The molecule has 1 aliphatic heterocycles. The highest BCUT2D eigenvalue weighted by Crippen LogP contribution is 2.42. The SMILES string of the molecule is Cc1c(C(N)=O)sc2c1CCOc1ccccc1-2. The van der Waals surface area contributed by atoms with E-state index in [4.69, 9.17) is 10.5 Å². The first-order valence-electron chi connectivity index (χ1n) is 5.82. The molecule has 18 heavy (non-hydrogen) atoms. The van der Waals surface area contributed by atoms with E-state index in [0.29, 0.717) is 11.5 Å². The van der Waals surface area contributed by atoms with Crippen molar-refractivity contribution in [1.82, 2.24) is 0 Å². The Balaban J connectivity index is 2.27. The minimum atomic E-state index is -0.344. The van der Waals surface area contributed by atoms with Gasteiger partial charge >= 0.3 is 0 Å². The van der Waals surface area contributed by atoms with Gasteiger partial charge in [0.2, 0.25) is 0 Å². The van der Waals surface area contributed by atoms with Crippen LogP contribution in [0.5, 0.6) is 5.75 Å². The molecule has 1 aliphatic rings. The summed E-state index contributed by atoms with van der Waals surface area (Å²) in [5, 5.41) is 0. The summed E-state index contributed by atoms with van der Waals surface area (Å²) in [5.74, 6) is 0.539. The van der Waals surface area contributed by atoms with Crippen LogP contribution in [-0.2, 0) is 6.42 Å². The standard InChI is InChI=1S/C14H13NO2S/c1-8-9-6-7-17-11-5-3-2-4-10(11)13(9)18-12(8)14(15)16/h2-5H,6-7H2,1H3,(H2,15,16). The highest BCUT2D eigenvalue weighted by atomic mass is 32.1. The average molecular weight is 259 g/mol. The molecule has 2 N–H and O–H groups in total. The number of hydrogen-bond acceptors (Lipinski definition) is 3. The van der Waals surface area contributed by atoms with Crippen LogP contribution >= 0.6 is 11.3 Å². The first kappa shape index (κ1) is 11.3. The molecule has 4 heteroatoms. The van der Waals surface area contributed by atoms with Gasteiger partial charge < -0.3 is 10.5 Å². The van der Waals surface area contributed by atoms with Gasteiger partial charge in [0.15, 0.2) is 0 Å². The molecule has 1 aromatic heterocycles. The van der Waals surface area contributed by atoms with Crippen molar-refractivity contribution in [3.8, 4) is 16.2 Å². The fraction of sp³-hybridized carbons (Fsp3) is 0.214. The molecule has 0 aliphatic carbocycles. The smallest absolute Gasteiger partial charge is 0.259 e. The molecule has 2 heterocycles. The number of thiophene rings is 1.